The molecule has 0 spiro atoms. The lowest BCUT2D eigenvalue weighted by atomic mass is 10.1. The zero-order valence-electron chi connectivity index (χ0n) is 11.0. The van der Waals surface area contributed by atoms with Crippen molar-refractivity contribution in [1.29, 1.82) is 0 Å². The van der Waals surface area contributed by atoms with Crippen molar-refractivity contribution in [2.24, 2.45) is 0 Å². The number of allylic oxidation sites excluding steroid dienone is 1. The van der Waals surface area contributed by atoms with Crippen LogP contribution in [0, 0.1) is 0 Å². The number of unbranched alkanes of at least 4 members (excludes halogenated alkanes) is 3. The highest BCUT2D eigenvalue weighted by molar-refractivity contribution is 8.00. The Morgan fingerprint density at radius 1 is 1.17 bits per heavy atom. The van der Waals surface area contributed by atoms with Crippen LogP contribution < -0.4 is 0 Å². The molecule has 0 aromatic heterocycles. The predicted octanol–water partition coefficient (Wildman–Crippen LogP) is 4.87. The van der Waals surface area contributed by atoms with Gasteiger partial charge < -0.3 is 0 Å². The maximum absolute atomic E-state index is 10.4. The third kappa shape index (κ3) is 6.65. The molecule has 98 valence electrons. The van der Waals surface area contributed by atoms with E-state index in [2.05, 4.69) is 31.2 Å². The average molecular weight is 262 g/mol. The van der Waals surface area contributed by atoms with Gasteiger partial charge in [-0.2, -0.15) is 0 Å². The molecule has 0 aliphatic rings. The maximum atomic E-state index is 10.4. The molecule has 0 aliphatic carbocycles. The second-order valence-corrected chi connectivity index (χ2v) is 5.65. The Balaban J connectivity index is 2.45. The molecule has 1 nitrogen and oxygen atoms in total. The van der Waals surface area contributed by atoms with Crippen molar-refractivity contribution in [2.75, 3.05) is 0 Å². The highest BCUT2D eigenvalue weighted by Gasteiger charge is 2.06. The van der Waals surface area contributed by atoms with Crippen molar-refractivity contribution < 1.29 is 4.79 Å². The maximum Gasteiger partial charge on any atom is 0.142 e. The third-order valence-electron chi connectivity index (χ3n) is 2.78. The van der Waals surface area contributed by atoms with Crippen LogP contribution in [0.4, 0.5) is 0 Å². The van der Waals surface area contributed by atoms with Crippen LogP contribution in [-0.2, 0) is 4.79 Å². The van der Waals surface area contributed by atoms with E-state index >= 15 is 0 Å². The number of benzene rings is 1. The molecule has 0 N–H and O–H groups in total. The first-order chi connectivity index (χ1) is 8.86. The highest BCUT2D eigenvalue weighted by Crippen LogP contribution is 2.27. The van der Waals surface area contributed by atoms with Crippen LogP contribution in [-0.4, -0.2) is 11.5 Å². The van der Waals surface area contributed by atoms with Gasteiger partial charge in [-0.1, -0.05) is 56.9 Å². The lowest BCUT2D eigenvalue weighted by Crippen LogP contribution is -1.98. The van der Waals surface area contributed by atoms with Crippen LogP contribution >= 0.6 is 11.8 Å². The van der Waals surface area contributed by atoms with E-state index in [9.17, 15) is 4.79 Å². The second kappa shape index (κ2) is 9.95. The summed E-state index contributed by atoms with van der Waals surface area (Å²) in [5.41, 5.74) is 0. The van der Waals surface area contributed by atoms with Gasteiger partial charge in [0.1, 0.15) is 6.29 Å². The van der Waals surface area contributed by atoms with Crippen molar-refractivity contribution >= 4 is 18.0 Å². The Morgan fingerprint density at radius 2 is 1.94 bits per heavy atom. The van der Waals surface area contributed by atoms with Gasteiger partial charge in [0.05, 0.1) is 0 Å². The molecule has 0 amide bonds. The van der Waals surface area contributed by atoms with E-state index in [1.807, 2.05) is 23.9 Å². The summed E-state index contributed by atoms with van der Waals surface area (Å²) in [5, 5.41) is 0.412. The molecule has 0 heterocycles. The fourth-order valence-corrected chi connectivity index (χ4v) is 2.93. The fraction of sp³-hybridized carbons (Fsp3) is 0.438. The van der Waals surface area contributed by atoms with Crippen molar-refractivity contribution in [3.8, 4) is 0 Å². The quantitative estimate of drug-likeness (QED) is 0.273. The summed E-state index contributed by atoms with van der Waals surface area (Å²) < 4.78 is 0. The van der Waals surface area contributed by atoms with Gasteiger partial charge in [-0.3, -0.25) is 4.79 Å². The van der Waals surface area contributed by atoms with Crippen LogP contribution in [0.5, 0.6) is 0 Å². The molecule has 1 aromatic carbocycles. The fourth-order valence-electron chi connectivity index (χ4n) is 1.81. The predicted molar refractivity (Wildman–Crippen MR) is 80.1 cm³/mol. The summed E-state index contributed by atoms with van der Waals surface area (Å²) in [6.45, 7) is 2.22. The number of thioether (sulfide) groups is 1. The Labute approximate surface area is 115 Å². The Kier molecular flexibility index (Phi) is 8.32. The van der Waals surface area contributed by atoms with Gasteiger partial charge in [-0.15, -0.1) is 11.8 Å². The summed E-state index contributed by atoms with van der Waals surface area (Å²) in [5.74, 6) is 0. The minimum absolute atomic E-state index is 0.412. The zero-order valence-corrected chi connectivity index (χ0v) is 11.9. The van der Waals surface area contributed by atoms with E-state index in [-0.39, 0.29) is 0 Å². The molecule has 0 aliphatic heterocycles. The van der Waals surface area contributed by atoms with Crippen LogP contribution in [0.15, 0.2) is 47.4 Å². The number of carbonyl (C=O) groups excluding carboxylic acids is 1. The van der Waals surface area contributed by atoms with Crippen LogP contribution in [0.25, 0.3) is 0 Å². The molecule has 0 saturated carbocycles. The lowest BCUT2D eigenvalue weighted by Gasteiger charge is -2.12. The highest BCUT2D eigenvalue weighted by atomic mass is 32.2. The molecule has 1 unspecified atom stereocenters. The van der Waals surface area contributed by atoms with Gasteiger partial charge >= 0.3 is 0 Å². The molecule has 0 fully saturated rings. The Bertz CT molecular complexity index is 345. The summed E-state index contributed by atoms with van der Waals surface area (Å²) in [4.78, 5) is 11.7. The average Bonchev–Trinajstić information content (AvgIpc) is 2.41. The van der Waals surface area contributed by atoms with E-state index in [4.69, 9.17) is 0 Å². The summed E-state index contributed by atoms with van der Waals surface area (Å²) in [6.07, 6.45) is 10.8. The smallest absolute Gasteiger partial charge is 0.142 e. The molecule has 0 bridgehead atoms. The summed E-state index contributed by atoms with van der Waals surface area (Å²) in [6, 6.07) is 10.4. The number of aldehydes is 1. The van der Waals surface area contributed by atoms with Crippen molar-refractivity contribution in [3.05, 3.63) is 42.5 Å². The normalized spacial score (nSPS) is 12.7. The van der Waals surface area contributed by atoms with E-state index in [1.165, 1.54) is 30.6 Å². The van der Waals surface area contributed by atoms with Gasteiger partial charge in [-0.05, 0) is 24.6 Å². The van der Waals surface area contributed by atoms with Crippen molar-refractivity contribution in [1.82, 2.24) is 0 Å². The number of rotatable bonds is 9. The molecule has 1 atom stereocenters. The number of hydrogen-bond acceptors (Lipinski definition) is 2. The molecular formula is C16H22OS. The summed E-state index contributed by atoms with van der Waals surface area (Å²) in [7, 11) is 0. The van der Waals surface area contributed by atoms with E-state index < -0.39 is 0 Å². The topological polar surface area (TPSA) is 17.1 Å². The first-order valence-corrected chi connectivity index (χ1v) is 7.58. The van der Waals surface area contributed by atoms with Gasteiger partial charge in [-0.25, -0.2) is 0 Å². The molecule has 0 saturated heterocycles. The number of hydrogen-bond donors (Lipinski definition) is 0. The van der Waals surface area contributed by atoms with Gasteiger partial charge in [0.15, 0.2) is 0 Å². The molecule has 0 radical (unpaired) electrons. The second-order valence-electron chi connectivity index (χ2n) is 4.34. The number of carbonyl (C=O) groups is 1. The van der Waals surface area contributed by atoms with Gasteiger partial charge in [0, 0.05) is 10.1 Å². The van der Waals surface area contributed by atoms with Crippen molar-refractivity contribution in [2.45, 2.75) is 49.2 Å². The monoisotopic (exact) mass is 262 g/mol. The van der Waals surface area contributed by atoms with Gasteiger partial charge in [0.2, 0.25) is 0 Å². The molecule has 2 heteroatoms. The minimum atomic E-state index is 0.412. The van der Waals surface area contributed by atoms with Crippen LogP contribution in [0.3, 0.4) is 0 Å². The molecular weight excluding hydrogens is 240 g/mol. The first kappa shape index (κ1) is 15.0. The van der Waals surface area contributed by atoms with E-state index in [0.29, 0.717) is 5.25 Å². The van der Waals surface area contributed by atoms with Crippen LogP contribution in [0.1, 0.15) is 39.0 Å². The van der Waals surface area contributed by atoms with E-state index in [1.54, 1.807) is 6.08 Å². The zero-order chi connectivity index (χ0) is 13.1. The molecule has 18 heavy (non-hydrogen) atoms. The summed E-state index contributed by atoms with van der Waals surface area (Å²) >= 11 is 1.84. The molecule has 1 rings (SSSR count). The third-order valence-corrected chi connectivity index (χ3v) is 4.02. The van der Waals surface area contributed by atoms with E-state index in [0.717, 1.165) is 12.7 Å². The Hall–Kier alpha value is -1.02. The van der Waals surface area contributed by atoms with Crippen LogP contribution in [0.2, 0.25) is 0 Å². The minimum Gasteiger partial charge on any atom is -0.299 e. The molecule has 1 aromatic rings. The van der Waals surface area contributed by atoms with Gasteiger partial charge in [0.25, 0.3) is 0 Å². The lowest BCUT2D eigenvalue weighted by molar-refractivity contribution is -0.104. The largest absolute Gasteiger partial charge is 0.299 e. The Morgan fingerprint density at radius 3 is 2.61 bits per heavy atom. The SMILES string of the molecule is CCCCCCC(/C=C/C=O)Sc1ccccc1. The van der Waals surface area contributed by atoms with Crippen molar-refractivity contribution in [3.63, 3.8) is 0 Å². The first-order valence-electron chi connectivity index (χ1n) is 6.70. The standard InChI is InChI=1S/C16H22OS/c1-2-3-4-6-10-16(13-9-14-17)18-15-11-7-5-8-12-15/h5,7-9,11-14,16H,2-4,6,10H2,1H3/b13-9+.